The Kier molecular flexibility index (Phi) is 5.69. The third kappa shape index (κ3) is 4.17. The monoisotopic (exact) mass is 387 g/mol. The lowest BCUT2D eigenvalue weighted by molar-refractivity contribution is -0.135. The van der Waals surface area contributed by atoms with Crippen molar-refractivity contribution in [1.82, 2.24) is 15.2 Å². The second-order valence-corrected chi connectivity index (χ2v) is 6.70. The lowest BCUT2D eigenvalue weighted by Crippen LogP contribution is -2.52. The third-order valence-electron chi connectivity index (χ3n) is 4.87. The van der Waals surface area contributed by atoms with Crippen molar-refractivity contribution in [3.63, 3.8) is 0 Å². The number of carbonyl (C=O) groups excluding carboxylic acids is 1. The molecule has 0 atom stereocenters. The molecule has 2 aliphatic rings. The number of carboxylic acids is 1. The maximum Gasteiger partial charge on any atom is 0.322 e. The van der Waals surface area contributed by atoms with Gasteiger partial charge in [0.1, 0.15) is 6.54 Å². The molecule has 150 valence electrons. The SMILES string of the molecule is CC1=C(N2CCN(c3ccccc3C(=O)NCC(=O)O)CC2)CN(N)C(N)=N1. The first-order chi connectivity index (χ1) is 13.4. The van der Waals surface area contributed by atoms with E-state index in [2.05, 4.69) is 20.1 Å². The number of allylic oxidation sites excluding steroid dienone is 1. The number of hydrogen-bond donors (Lipinski definition) is 4. The molecule has 0 saturated carbocycles. The van der Waals surface area contributed by atoms with Crippen LogP contribution in [0.2, 0.25) is 0 Å². The Morgan fingerprint density at radius 3 is 2.50 bits per heavy atom. The number of hydrazine groups is 1. The lowest BCUT2D eigenvalue weighted by Gasteiger charge is -2.41. The van der Waals surface area contributed by atoms with Crippen molar-refractivity contribution in [3.05, 3.63) is 41.2 Å². The normalized spacial score (nSPS) is 17.5. The highest BCUT2D eigenvalue weighted by atomic mass is 16.4. The predicted octanol–water partition coefficient (Wildman–Crippen LogP) is -0.641. The van der Waals surface area contributed by atoms with Gasteiger partial charge in [0.2, 0.25) is 5.96 Å². The minimum absolute atomic E-state index is 0.307. The molecule has 1 saturated heterocycles. The smallest absolute Gasteiger partial charge is 0.322 e. The van der Waals surface area contributed by atoms with Crippen LogP contribution in [0.25, 0.3) is 0 Å². The van der Waals surface area contributed by atoms with Gasteiger partial charge in [0, 0.05) is 31.9 Å². The molecular formula is C18H25N7O3. The molecule has 1 aromatic carbocycles. The third-order valence-corrected chi connectivity index (χ3v) is 4.87. The van der Waals surface area contributed by atoms with E-state index in [1.807, 2.05) is 19.1 Å². The number of rotatable bonds is 5. The first-order valence-electron chi connectivity index (χ1n) is 9.02. The van der Waals surface area contributed by atoms with E-state index in [-0.39, 0.29) is 0 Å². The van der Waals surface area contributed by atoms with Crippen molar-refractivity contribution in [1.29, 1.82) is 0 Å². The first-order valence-corrected chi connectivity index (χ1v) is 9.02. The molecule has 2 heterocycles. The summed E-state index contributed by atoms with van der Waals surface area (Å²) in [5.41, 5.74) is 8.93. The molecular weight excluding hydrogens is 362 g/mol. The molecule has 28 heavy (non-hydrogen) atoms. The fraction of sp³-hybridized carbons (Fsp3) is 0.389. The topological polar surface area (TPSA) is 141 Å². The van der Waals surface area contributed by atoms with Crippen LogP contribution in [0.4, 0.5) is 5.69 Å². The van der Waals surface area contributed by atoms with Crippen molar-refractivity contribution in [2.24, 2.45) is 16.6 Å². The highest BCUT2D eigenvalue weighted by Gasteiger charge is 2.26. The van der Waals surface area contributed by atoms with Gasteiger partial charge in [-0.05, 0) is 19.1 Å². The number of nitrogens with one attached hydrogen (secondary N) is 1. The first kappa shape index (κ1) is 19.5. The molecule has 1 fully saturated rings. The largest absolute Gasteiger partial charge is 0.480 e. The van der Waals surface area contributed by atoms with Crippen LogP contribution < -0.4 is 21.8 Å². The van der Waals surface area contributed by atoms with Gasteiger partial charge < -0.3 is 26.0 Å². The summed E-state index contributed by atoms with van der Waals surface area (Å²) in [6.45, 7) is 4.95. The van der Waals surface area contributed by atoms with Gasteiger partial charge in [-0.2, -0.15) is 0 Å². The summed E-state index contributed by atoms with van der Waals surface area (Å²) in [7, 11) is 0. The van der Waals surface area contributed by atoms with Crippen LogP contribution in [0.3, 0.4) is 0 Å². The number of amides is 1. The zero-order valence-corrected chi connectivity index (χ0v) is 15.8. The molecule has 2 aliphatic heterocycles. The van der Waals surface area contributed by atoms with Crippen LogP contribution in [0.1, 0.15) is 17.3 Å². The van der Waals surface area contributed by atoms with Crippen LogP contribution in [0.15, 0.2) is 40.7 Å². The number of benzene rings is 1. The number of carboxylic acid groups (broad SMARTS) is 1. The number of aliphatic imine (C=N–C) groups is 1. The quantitative estimate of drug-likeness (QED) is 0.489. The van der Waals surface area contributed by atoms with Crippen LogP contribution in [-0.2, 0) is 4.79 Å². The summed E-state index contributed by atoms with van der Waals surface area (Å²) < 4.78 is 0. The number of aliphatic carboxylic acids is 1. The van der Waals surface area contributed by atoms with Gasteiger partial charge in [0.05, 0.1) is 23.5 Å². The Labute approximate surface area is 163 Å². The average molecular weight is 387 g/mol. The summed E-state index contributed by atoms with van der Waals surface area (Å²) >= 11 is 0. The Hall–Kier alpha value is -3.27. The highest BCUT2D eigenvalue weighted by Crippen LogP contribution is 2.24. The molecule has 6 N–H and O–H groups in total. The van der Waals surface area contributed by atoms with Crippen molar-refractivity contribution < 1.29 is 14.7 Å². The Bertz CT molecular complexity index is 828. The summed E-state index contributed by atoms with van der Waals surface area (Å²) in [5, 5.41) is 12.6. The van der Waals surface area contributed by atoms with Crippen molar-refractivity contribution >= 4 is 23.5 Å². The predicted molar refractivity (Wildman–Crippen MR) is 105 cm³/mol. The summed E-state index contributed by atoms with van der Waals surface area (Å²) in [4.78, 5) is 31.7. The van der Waals surface area contributed by atoms with E-state index in [1.165, 1.54) is 5.01 Å². The van der Waals surface area contributed by atoms with Crippen LogP contribution in [0.5, 0.6) is 0 Å². The fourth-order valence-electron chi connectivity index (χ4n) is 3.40. The van der Waals surface area contributed by atoms with Gasteiger partial charge in [-0.15, -0.1) is 0 Å². The molecule has 1 amide bonds. The molecule has 0 bridgehead atoms. The van der Waals surface area contributed by atoms with Gasteiger partial charge in [-0.3, -0.25) is 14.6 Å². The lowest BCUT2D eigenvalue weighted by atomic mass is 10.1. The van der Waals surface area contributed by atoms with Crippen molar-refractivity contribution in [3.8, 4) is 0 Å². The number of nitrogens with two attached hydrogens (primary N) is 2. The van der Waals surface area contributed by atoms with Gasteiger partial charge >= 0.3 is 5.97 Å². The molecule has 1 aromatic rings. The molecule has 0 unspecified atom stereocenters. The number of piperazine rings is 1. The summed E-state index contributed by atoms with van der Waals surface area (Å²) in [6.07, 6.45) is 0. The number of guanidine groups is 1. The molecule has 3 rings (SSSR count). The van der Waals surface area contributed by atoms with E-state index in [0.717, 1.165) is 30.2 Å². The number of hydrogen-bond acceptors (Lipinski definition) is 8. The maximum atomic E-state index is 12.4. The van der Waals surface area contributed by atoms with E-state index >= 15 is 0 Å². The van der Waals surface area contributed by atoms with Crippen LogP contribution in [0, 0.1) is 0 Å². The van der Waals surface area contributed by atoms with Gasteiger partial charge in [0.15, 0.2) is 0 Å². The number of para-hydroxylation sites is 1. The van der Waals surface area contributed by atoms with Gasteiger partial charge in [0.25, 0.3) is 5.91 Å². The molecule has 0 radical (unpaired) electrons. The van der Waals surface area contributed by atoms with E-state index < -0.39 is 18.4 Å². The summed E-state index contributed by atoms with van der Waals surface area (Å²) in [6, 6.07) is 7.22. The number of nitrogens with zero attached hydrogens (tertiary/aromatic N) is 4. The fourth-order valence-corrected chi connectivity index (χ4v) is 3.40. The zero-order chi connectivity index (χ0) is 20.3. The second kappa shape index (κ2) is 8.17. The molecule has 0 aliphatic carbocycles. The minimum atomic E-state index is -1.08. The highest BCUT2D eigenvalue weighted by molar-refractivity contribution is 6.00. The molecule has 10 nitrogen and oxygen atoms in total. The number of anilines is 1. The average Bonchev–Trinajstić information content (AvgIpc) is 2.69. The van der Waals surface area contributed by atoms with E-state index in [1.54, 1.807) is 12.1 Å². The molecule has 0 spiro atoms. The minimum Gasteiger partial charge on any atom is -0.480 e. The Morgan fingerprint density at radius 1 is 1.18 bits per heavy atom. The van der Waals surface area contributed by atoms with Crippen LogP contribution >= 0.6 is 0 Å². The van der Waals surface area contributed by atoms with Crippen molar-refractivity contribution in [2.75, 3.05) is 44.2 Å². The molecule has 0 aromatic heterocycles. The van der Waals surface area contributed by atoms with Crippen LogP contribution in [-0.4, -0.2) is 72.1 Å². The van der Waals surface area contributed by atoms with Gasteiger partial charge in [-0.1, -0.05) is 12.1 Å². The maximum absolute atomic E-state index is 12.4. The number of carbonyl (C=O) groups is 2. The second-order valence-electron chi connectivity index (χ2n) is 6.70. The molecule has 10 heteroatoms. The van der Waals surface area contributed by atoms with E-state index in [0.29, 0.717) is 31.2 Å². The van der Waals surface area contributed by atoms with E-state index in [4.69, 9.17) is 16.7 Å². The summed E-state index contributed by atoms with van der Waals surface area (Å²) in [5.74, 6) is 4.72. The Balaban J connectivity index is 1.70. The van der Waals surface area contributed by atoms with Gasteiger partial charge in [-0.25, -0.2) is 10.8 Å². The standard InChI is InChI=1S/C18H25N7O3/c1-12-15(11-25(20)18(19)22-12)24-8-6-23(7-9-24)14-5-3-2-4-13(14)17(28)21-10-16(26)27/h2-5H,6-11,20H2,1H3,(H2,19,22)(H,21,28)(H,26,27). The Morgan fingerprint density at radius 2 is 1.82 bits per heavy atom. The zero-order valence-electron chi connectivity index (χ0n) is 15.8. The van der Waals surface area contributed by atoms with Crippen molar-refractivity contribution in [2.45, 2.75) is 6.92 Å². The van der Waals surface area contributed by atoms with E-state index in [9.17, 15) is 9.59 Å².